The summed E-state index contributed by atoms with van der Waals surface area (Å²) in [7, 11) is 1.36. The van der Waals surface area contributed by atoms with E-state index in [0.717, 1.165) is 21.2 Å². The van der Waals surface area contributed by atoms with Crippen LogP contribution in [0.1, 0.15) is 36.5 Å². The van der Waals surface area contributed by atoms with Crippen LogP contribution in [0.2, 0.25) is 5.02 Å². The molecule has 0 saturated carbocycles. The van der Waals surface area contributed by atoms with Crippen LogP contribution in [0.15, 0.2) is 34.8 Å². The maximum absolute atomic E-state index is 11.4. The van der Waals surface area contributed by atoms with Gasteiger partial charge in [-0.15, -0.1) is 0 Å². The minimum atomic E-state index is -0.394. The average Bonchev–Trinajstić information content (AvgIpc) is 2.57. The maximum atomic E-state index is 11.4. The zero-order valence-electron chi connectivity index (χ0n) is 14.8. The molecule has 0 aliphatic heterocycles. The normalized spacial score (nSPS) is 10.8. The van der Waals surface area contributed by atoms with Crippen molar-refractivity contribution < 1.29 is 19.5 Å². The van der Waals surface area contributed by atoms with Gasteiger partial charge in [0.1, 0.15) is 11.5 Å². The lowest BCUT2D eigenvalue weighted by atomic mass is 9.96. The largest absolute Gasteiger partial charge is 0.508 e. The first-order chi connectivity index (χ1) is 12.3. The fourth-order valence-corrected chi connectivity index (χ4v) is 3.47. The number of halogens is 2. The molecule has 0 heterocycles. The van der Waals surface area contributed by atoms with Crippen molar-refractivity contribution in [1.29, 1.82) is 0 Å². The summed E-state index contributed by atoms with van der Waals surface area (Å²) in [4.78, 5) is 15.9. The van der Waals surface area contributed by atoms with Crippen LogP contribution in [0, 0.1) is 0 Å². The Morgan fingerprint density at radius 1 is 1.31 bits per heavy atom. The SMILES string of the molecule is CONC(=O)COc1cc(Cl)c(Cc2ccc(O)c(C(C)C)c2)c(Br)c1. The van der Waals surface area contributed by atoms with E-state index in [2.05, 4.69) is 26.2 Å². The fourth-order valence-electron chi connectivity index (χ4n) is 2.50. The Morgan fingerprint density at radius 3 is 2.65 bits per heavy atom. The van der Waals surface area contributed by atoms with Crippen molar-refractivity contribution in [1.82, 2.24) is 5.48 Å². The lowest BCUT2D eigenvalue weighted by Crippen LogP contribution is -2.27. The third-order valence-electron chi connectivity index (χ3n) is 3.80. The summed E-state index contributed by atoms with van der Waals surface area (Å²) >= 11 is 9.93. The molecule has 0 atom stereocenters. The number of aromatic hydroxyl groups is 1. The van der Waals surface area contributed by atoms with Gasteiger partial charge >= 0.3 is 0 Å². The van der Waals surface area contributed by atoms with Crippen LogP contribution in [-0.4, -0.2) is 24.7 Å². The molecule has 0 radical (unpaired) electrons. The molecule has 0 aromatic heterocycles. The molecule has 1 amide bonds. The first-order valence-corrected chi connectivity index (χ1v) is 9.23. The molecule has 0 aliphatic carbocycles. The van der Waals surface area contributed by atoms with Crippen LogP contribution in [0.3, 0.4) is 0 Å². The maximum Gasteiger partial charge on any atom is 0.281 e. The number of nitrogens with one attached hydrogen (secondary N) is 1. The Labute approximate surface area is 166 Å². The standard InChI is InChI=1S/C19H21BrClNO4/c1-11(2)14-6-12(4-5-18(14)23)7-15-16(20)8-13(9-17(15)21)26-10-19(24)22-25-3/h4-6,8-9,11,23H,7,10H2,1-3H3,(H,22,24). The predicted octanol–water partition coefficient (Wildman–Crippen LogP) is 4.58. The molecule has 0 spiro atoms. The molecule has 2 N–H and O–H groups in total. The highest BCUT2D eigenvalue weighted by molar-refractivity contribution is 9.10. The quantitative estimate of drug-likeness (QED) is 0.616. The van der Waals surface area contributed by atoms with Crippen LogP contribution in [-0.2, 0) is 16.1 Å². The number of hydrogen-bond acceptors (Lipinski definition) is 4. The number of hydroxylamine groups is 1. The fraction of sp³-hybridized carbons (Fsp3) is 0.316. The zero-order valence-corrected chi connectivity index (χ0v) is 17.1. The van der Waals surface area contributed by atoms with Crippen LogP contribution < -0.4 is 10.2 Å². The van der Waals surface area contributed by atoms with E-state index < -0.39 is 5.91 Å². The molecular formula is C19H21BrClNO4. The first kappa shape index (κ1) is 20.6. The molecule has 5 nitrogen and oxygen atoms in total. The van der Waals surface area contributed by atoms with Crippen molar-refractivity contribution in [2.24, 2.45) is 0 Å². The molecule has 2 aromatic rings. The second kappa shape index (κ2) is 9.26. The van der Waals surface area contributed by atoms with E-state index in [-0.39, 0.29) is 12.5 Å². The molecule has 26 heavy (non-hydrogen) atoms. The van der Waals surface area contributed by atoms with Gasteiger partial charge in [-0.05, 0) is 40.8 Å². The zero-order chi connectivity index (χ0) is 19.3. The van der Waals surface area contributed by atoms with Gasteiger partial charge in [0.05, 0.1) is 7.11 Å². The molecule has 2 aromatic carbocycles. The molecule has 2 rings (SSSR count). The minimum Gasteiger partial charge on any atom is -0.508 e. The van der Waals surface area contributed by atoms with Gasteiger partial charge < -0.3 is 9.84 Å². The first-order valence-electron chi connectivity index (χ1n) is 8.06. The van der Waals surface area contributed by atoms with Crippen molar-refractivity contribution in [2.75, 3.05) is 13.7 Å². The number of benzene rings is 2. The smallest absolute Gasteiger partial charge is 0.281 e. The molecule has 0 bridgehead atoms. The average molecular weight is 443 g/mol. The van der Waals surface area contributed by atoms with E-state index in [1.54, 1.807) is 18.2 Å². The summed E-state index contributed by atoms with van der Waals surface area (Å²) < 4.78 is 6.20. The van der Waals surface area contributed by atoms with E-state index in [1.165, 1.54) is 7.11 Å². The number of phenols is 1. The highest BCUT2D eigenvalue weighted by Crippen LogP contribution is 2.34. The van der Waals surface area contributed by atoms with Gasteiger partial charge in [-0.25, -0.2) is 5.48 Å². The van der Waals surface area contributed by atoms with Crippen molar-refractivity contribution in [2.45, 2.75) is 26.2 Å². The van der Waals surface area contributed by atoms with Gasteiger partial charge in [0.25, 0.3) is 5.91 Å². The number of hydrogen-bond donors (Lipinski definition) is 2. The molecular weight excluding hydrogens is 422 g/mol. The molecule has 0 aliphatic rings. The molecule has 0 saturated heterocycles. The summed E-state index contributed by atoms with van der Waals surface area (Å²) in [5.41, 5.74) is 5.03. The van der Waals surface area contributed by atoms with E-state index in [4.69, 9.17) is 16.3 Å². The highest BCUT2D eigenvalue weighted by atomic mass is 79.9. The number of rotatable bonds is 7. The number of ether oxygens (including phenoxy) is 1. The van der Waals surface area contributed by atoms with Crippen molar-refractivity contribution in [3.05, 3.63) is 56.5 Å². The topological polar surface area (TPSA) is 67.8 Å². The van der Waals surface area contributed by atoms with Gasteiger partial charge in [-0.1, -0.05) is 53.5 Å². The van der Waals surface area contributed by atoms with Crippen molar-refractivity contribution >= 4 is 33.4 Å². The van der Waals surface area contributed by atoms with Crippen molar-refractivity contribution in [3.8, 4) is 11.5 Å². The summed E-state index contributed by atoms with van der Waals surface area (Å²) in [6.45, 7) is 3.90. The summed E-state index contributed by atoms with van der Waals surface area (Å²) in [5.74, 6) is 0.606. The lowest BCUT2D eigenvalue weighted by molar-refractivity contribution is -0.133. The molecule has 0 fully saturated rings. The highest BCUT2D eigenvalue weighted by Gasteiger charge is 2.13. The van der Waals surface area contributed by atoms with Crippen LogP contribution >= 0.6 is 27.5 Å². The second-order valence-corrected chi connectivity index (χ2v) is 7.37. The van der Waals surface area contributed by atoms with Crippen molar-refractivity contribution in [3.63, 3.8) is 0 Å². The molecule has 7 heteroatoms. The van der Waals surface area contributed by atoms with E-state index in [1.807, 2.05) is 26.0 Å². The number of amides is 1. The van der Waals surface area contributed by atoms with E-state index in [9.17, 15) is 9.90 Å². The Balaban J connectivity index is 2.18. The Morgan fingerprint density at radius 2 is 2.04 bits per heavy atom. The van der Waals surface area contributed by atoms with Gasteiger partial charge in [0, 0.05) is 15.9 Å². The van der Waals surface area contributed by atoms with E-state index >= 15 is 0 Å². The summed E-state index contributed by atoms with van der Waals surface area (Å²) in [5, 5.41) is 10.5. The second-order valence-electron chi connectivity index (χ2n) is 6.11. The van der Waals surface area contributed by atoms with Crippen LogP contribution in [0.25, 0.3) is 0 Å². The van der Waals surface area contributed by atoms with Gasteiger partial charge in [0.2, 0.25) is 0 Å². The van der Waals surface area contributed by atoms with Gasteiger partial charge in [-0.2, -0.15) is 0 Å². The third kappa shape index (κ3) is 5.37. The summed E-state index contributed by atoms with van der Waals surface area (Å²) in [6.07, 6.45) is 0.601. The number of carbonyl (C=O) groups is 1. The van der Waals surface area contributed by atoms with Crippen LogP contribution in [0.5, 0.6) is 11.5 Å². The number of phenolic OH excluding ortho intramolecular Hbond substituents is 1. The predicted molar refractivity (Wildman–Crippen MR) is 105 cm³/mol. The monoisotopic (exact) mass is 441 g/mol. The van der Waals surface area contributed by atoms with E-state index in [0.29, 0.717) is 22.9 Å². The molecule has 0 unspecified atom stereocenters. The summed E-state index contributed by atoms with van der Waals surface area (Å²) in [6, 6.07) is 9.01. The Hall–Kier alpha value is -1.76. The minimum absolute atomic E-state index is 0.175. The lowest BCUT2D eigenvalue weighted by Gasteiger charge is -2.14. The van der Waals surface area contributed by atoms with Crippen LogP contribution in [0.4, 0.5) is 0 Å². The number of carbonyl (C=O) groups excluding carboxylic acids is 1. The third-order valence-corrected chi connectivity index (χ3v) is 4.84. The van der Waals surface area contributed by atoms with Gasteiger partial charge in [0.15, 0.2) is 6.61 Å². The van der Waals surface area contributed by atoms with Gasteiger partial charge in [-0.3, -0.25) is 9.63 Å². The Bertz CT molecular complexity index is 772. The Kier molecular flexibility index (Phi) is 7.32. The molecule has 140 valence electrons.